The molecule has 1 heterocycles. The van der Waals surface area contributed by atoms with E-state index < -0.39 is 5.82 Å². The highest BCUT2D eigenvalue weighted by molar-refractivity contribution is 5.93. The highest BCUT2D eigenvalue weighted by Gasteiger charge is 2.23. The lowest BCUT2D eigenvalue weighted by Gasteiger charge is -2.21. The number of anilines is 1. The van der Waals surface area contributed by atoms with Gasteiger partial charge in [0.2, 0.25) is 5.91 Å². The second-order valence-corrected chi connectivity index (χ2v) is 6.41. The van der Waals surface area contributed by atoms with Gasteiger partial charge in [0.15, 0.2) is 11.6 Å². The second kappa shape index (κ2) is 7.59. The standard InChI is InChI=1S/C19H22FN3O2/c1-12-17(23-18(24)14-8-4-3-5-9-14)13(2)22-19(21-12)25-16-11-7-6-10-15(16)20/h6-7,10-11,14H,3-5,8-9H2,1-2H3,(H,23,24). The number of nitrogens with zero attached hydrogens (tertiary/aromatic N) is 2. The average molecular weight is 343 g/mol. The summed E-state index contributed by atoms with van der Waals surface area (Å²) in [6.07, 6.45) is 5.26. The van der Waals surface area contributed by atoms with Crippen LogP contribution in [0.25, 0.3) is 0 Å². The minimum atomic E-state index is -0.476. The molecule has 1 saturated carbocycles. The van der Waals surface area contributed by atoms with Crippen molar-refractivity contribution in [1.82, 2.24) is 9.97 Å². The zero-order valence-electron chi connectivity index (χ0n) is 14.5. The third kappa shape index (κ3) is 4.13. The summed E-state index contributed by atoms with van der Waals surface area (Å²) in [5.41, 5.74) is 1.81. The Morgan fingerprint density at radius 2 is 1.76 bits per heavy atom. The number of aromatic nitrogens is 2. The molecule has 2 aromatic rings. The van der Waals surface area contributed by atoms with E-state index in [4.69, 9.17) is 4.74 Å². The van der Waals surface area contributed by atoms with Crippen LogP contribution < -0.4 is 10.1 Å². The minimum absolute atomic E-state index is 0.0253. The summed E-state index contributed by atoms with van der Waals surface area (Å²) in [7, 11) is 0. The normalized spacial score (nSPS) is 15.0. The Labute approximate surface area is 146 Å². The van der Waals surface area contributed by atoms with E-state index in [1.807, 2.05) is 0 Å². The number of halogens is 1. The molecule has 1 N–H and O–H groups in total. The molecule has 1 aliphatic carbocycles. The highest BCUT2D eigenvalue weighted by atomic mass is 19.1. The Balaban J connectivity index is 1.76. The number of ether oxygens (including phenoxy) is 1. The Morgan fingerprint density at radius 3 is 2.40 bits per heavy atom. The molecular formula is C19H22FN3O2. The molecule has 1 amide bonds. The van der Waals surface area contributed by atoms with Gasteiger partial charge in [-0.1, -0.05) is 31.4 Å². The summed E-state index contributed by atoms with van der Waals surface area (Å²) in [5, 5.41) is 2.96. The van der Waals surface area contributed by atoms with Crippen LogP contribution in [0.3, 0.4) is 0 Å². The molecule has 132 valence electrons. The van der Waals surface area contributed by atoms with E-state index in [2.05, 4.69) is 15.3 Å². The first kappa shape index (κ1) is 17.3. The van der Waals surface area contributed by atoms with Gasteiger partial charge < -0.3 is 10.1 Å². The average Bonchev–Trinajstić information content (AvgIpc) is 2.61. The number of hydrogen-bond acceptors (Lipinski definition) is 4. The van der Waals surface area contributed by atoms with Crippen molar-refractivity contribution in [3.63, 3.8) is 0 Å². The maximum atomic E-state index is 13.7. The fourth-order valence-corrected chi connectivity index (χ4v) is 3.13. The third-order valence-electron chi connectivity index (χ3n) is 4.51. The fourth-order valence-electron chi connectivity index (χ4n) is 3.13. The lowest BCUT2D eigenvalue weighted by Crippen LogP contribution is -2.25. The Hall–Kier alpha value is -2.50. The Bertz CT molecular complexity index is 750. The van der Waals surface area contributed by atoms with Crippen molar-refractivity contribution >= 4 is 11.6 Å². The van der Waals surface area contributed by atoms with Crippen molar-refractivity contribution in [2.75, 3.05) is 5.32 Å². The second-order valence-electron chi connectivity index (χ2n) is 6.41. The van der Waals surface area contributed by atoms with E-state index in [9.17, 15) is 9.18 Å². The Morgan fingerprint density at radius 1 is 1.12 bits per heavy atom. The summed E-state index contributed by atoms with van der Waals surface area (Å²) < 4.78 is 19.1. The zero-order valence-corrected chi connectivity index (χ0v) is 14.5. The smallest absolute Gasteiger partial charge is 0.322 e. The summed E-state index contributed by atoms with van der Waals surface area (Å²) in [4.78, 5) is 21.0. The van der Waals surface area contributed by atoms with Gasteiger partial charge in [-0.25, -0.2) is 4.39 Å². The number of hydrogen-bond donors (Lipinski definition) is 1. The van der Waals surface area contributed by atoms with E-state index in [0.717, 1.165) is 25.7 Å². The van der Waals surface area contributed by atoms with Gasteiger partial charge in [-0.3, -0.25) is 4.79 Å². The lowest BCUT2D eigenvalue weighted by atomic mass is 9.88. The van der Waals surface area contributed by atoms with Gasteiger partial charge in [-0.05, 0) is 38.8 Å². The van der Waals surface area contributed by atoms with Crippen molar-refractivity contribution in [1.29, 1.82) is 0 Å². The molecule has 1 fully saturated rings. The van der Waals surface area contributed by atoms with E-state index in [1.165, 1.54) is 18.6 Å². The third-order valence-corrected chi connectivity index (χ3v) is 4.51. The summed E-state index contributed by atoms with van der Waals surface area (Å²) in [6, 6.07) is 6.16. The SMILES string of the molecule is Cc1nc(Oc2ccccc2F)nc(C)c1NC(=O)C1CCCCC1. The van der Waals surface area contributed by atoms with Crippen LogP contribution in [0.4, 0.5) is 10.1 Å². The van der Waals surface area contributed by atoms with E-state index in [1.54, 1.807) is 26.0 Å². The molecule has 1 aromatic heterocycles. The molecule has 1 aromatic carbocycles. The van der Waals surface area contributed by atoms with Gasteiger partial charge in [-0.15, -0.1) is 0 Å². The number of amides is 1. The fraction of sp³-hybridized carbons (Fsp3) is 0.421. The van der Waals surface area contributed by atoms with Crippen LogP contribution in [0.15, 0.2) is 24.3 Å². The van der Waals surface area contributed by atoms with Crippen LogP contribution in [-0.2, 0) is 4.79 Å². The number of carbonyl (C=O) groups excluding carboxylic acids is 1. The van der Waals surface area contributed by atoms with Gasteiger partial charge in [0.05, 0.1) is 17.1 Å². The predicted octanol–water partition coefficient (Wildman–Crippen LogP) is 4.54. The molecule has 0 spiro atoms. The van der Waals surface area contributed by atoms with Crippen molar-refractivity contribution in [3.05, 3.63) is 41.5 Å². The molecule has 0 aliphatic heterocycles. The molecule has 0 bridgehead atoms. The van der Waals surface area contributed by atoms with Crippen LogP contribution in [0.2, 0.25) is 0 Å². The molecule has 25 heavy (non-hydrogen) atoms. The van der Waals surface area contributed by atoms with E-state index >= 15 is 0 Å². The van der Waals surface area contributed by atoms with Crippen molar-refractivity contribution in [2.24, 2.45) is 5.92 Å². The van der Waals surface area contributed by atoms with Gasteiger partial charge in [-0.2, -0.15) is 9.97 Å². The number of aryl methyl sites for hydroxylation is 2. The van der Waals surface area contributed by atoms with Gasteiger partial charge in [0.1, 0.15) is 0 Å². The van der Waals surface area contributed by atoms with Crippen LogP contribution in [-0.4, -0.2) is 15.9 Å². The van der Waals surface area contributed by atoms with Crippen LogP contribution >= 0.6 is 0 Å². The van der Waals surface area contributed by atoms with Gasteiger partial charge in [0, 0.05) is 5.92 Å². The number of rotatable bonds is 4. The zero-order chi connectivity index (χ0) is 17.8. The predicted molar refractivity (Wildman–Crippen MR) is 93.2 cm³/mol. The van der Waals surface area contributed by atoms with Crippen LogP contribution in [0.5, 0.6) is 11.8 Å². The number of nitrogens with one attached hydrogen (secondary N) is 1. The molecule has 0 radical (unpaired) electrons. The summed E-state index contributed by atoms with van der Waals surface area (Å²) in [5.74, 6) is -0.324. The topological polar surface area (TPSA) is 64.1 Å². The van der Waals surface area contributed by atoms with Crippen LogP contribution in [0.1, 0.15) is 43.5 Å². The largest absolute Gasteiger partial charge is 0.421 e. The monoisotopic (exact) mass is 343 g/mol. The molecule has 1 aliphatic rings. The maximum Gasteiger partial charge on any atom is 0.322 e. The highest BCUT2D eigenvalue weighted by Crippen LogP contribution is 2.28. The number of benzene rings is 1. The van der Waals surface area contributed by atoms with Gasteiger partial charge in [0.25, 0.3) is 0 Å². The Kier molecular flexibility index (Phi) is 5.26. The minimum Gasteiger partial charge on any atom is -0.421 e. The lowest BCUT2D eigenvalue weighted by molar-refractivity contribution is -0.120. The number of para-hydroxylation sites is 1. The summed E-state index contributed by atoms with van der Waals surface area (Å²) >= 11 is 0. The molecular weight excluding hydrogens is 321 g/mol. The van der Waals surface area contributed by atoms with Crippen molar-refractivity contribution < 1.29 is 13.9 Å². The first-order valence-electron chi connectivity index (χ1n) is 8.63. The molecule has 0 atom stereocenters. The molecule has 6 heteroatoms. The molecule has 0 unspecified atom stereocenters. The maximum absolute atomic E-state index is 13.7. The van der Waals surface area contributed by atoms with Crippen LogP contribution in [0, 0.1) is 25.6 Å². The van der Waals surface area contributed by atoms with E-state index in [-0.39, 0.29) is 23.6 Å². The molecule has 0 saturated heterocycles. The summed E-state index contributed by atoms with van der Waals surface area (Å²) in [6.45, 7) is 3.55. The first-order chi connectivity index (χ1) is 12.0. The van der Waals surface area contributed by atoms with Crippen molar-refractivity contribution in [3.8, 4) is 11.8 Å². The van der Waals surface area contributed by atoms with E-state index in [0.29, 0.717) is 17.1 Å². The number of carbonyl (C=O) groups is 1. The van der Waals surface area contributed by atoms with Gasteiger partial charge >= 0.3 is 6.01 Å². The molecule has 3 rings (SSSR count). The first-order valence-corrected chi connectivity index (χ1v) is 8.63. The molecule has 5 nitrogen and oxygen atoms in total. The van der Waals surface area contributed by atoms with Crippen molar-refractivity contribution in [2.45, 2.75) is 46.0 Å². The quantitative estimate of drug-likeness (QED) is 0.885.